The fourth-order valence-corrected chi connectivity index (χ4v) is 1.64. The molecule has 0 saturated carbocycles. The van der Waals surface area contributed by atoms with Gasteiger partial charge in [-0.3, -0.25) is 0 Å². The smallest absolute Gasteiger partial charge is 0.318 e. The second-order valence-electron chi connectivity index (χ2n) is 5.07. The van der Waals surface area contributed by atoms with Gasteiger partial charge < -0.3 is 16.0 Å². The van der Waals surface area contributed by atoms with E-state index in [0.29, 0.717) is 6.54 Å². The van der Waals surface area contributed by atoms with Crippen LogP contribution in [-0.2, 0) is 6.54 Å². The van der Waals surface area contributed by atoms with Crippen molar-refractivity contribution in [2.24, 2.45) is 0 Å². The number of hydrogen-bond donors (Lipinski definition) is 2. The molecular formula is C14H23N3O. The normalized spacial score (nSPS) is 10.8. The molecule has 0 radical (unpaired) electrons. The summed E-state index contributed by atoms with van der Waals surface area (Å²) < 4.78 is 0. The van der Waals surface area contributed by atoms with Crippen LogP contribution in [0.4, 0.5) is 10.5 Å². The van der Waals surface area contributed by atoms with Gasteiger partial charge in [0, 0.05) is 24.3 Å². The Morgan fingerprint density at radius 3 is 2.22 bits per heavy atom. The quantitative estimate of drug-likeness (QED) is 0.806. The Labute approximate surface area is 109 Å². The molecule has 0 bridgehead atoms. The highest BCUT2D eigenvalue weighted by molar-refractivity contribution is 5.74. The minimum Gasteiger partial charge on any atom is -0.399 e. The third-order valence-electron chi connectivity index (χ3n) is 2.63. The van der Waals surface area contributed by atoms with Crippen molar-refractivity contribution in [3.8, 4) is 0 Å². The maximum Gasteiger partial charge on any atom is 0.318 e. The third-order valence-corrected chi connectivity index (χ3v) is 2.63. The maximum absolute atomic E-state index is 12.1. The van der Waals surface area contributed by atoms with Gasteiger partial charge in [-0.1, -0.05) is 12.1 Å². The molecule has 0 saturated heterocycles. The summed E-state index contributed by atoms with van der Waals surface area (Å²) in [6, 6.07) is 7.88. The van der Waals surface area contributed by atoms with Crippen molar-refractivity contribution in [1.82, 2.24) is 10.2 Å². The molecule has 4 nitrogen and oxygen atoms in total. The number of nitrogens with one attached hydrogen (secondary N) is 1. The lowest BCUT2D eigenvalue weighted by molar-refractivity contribution is 0.177. The Hall–Kier alpha value is -1.71. The number of carbonyl (C=O) groups excluding carboxylic acids is 1. The minimum atomic E-state index is -0.0307. The largest absolute Gasteiger partial charge is 0.399 e. The van der Waals surface area contributed by atoms with Crippen molar-refractivity contribution < 1.29 is 4.79 Å². The van der Waals surface area contributed by atoms with E-state index in [0.717, 1.165) is 11.3 Å². The zero-order chi connectivity index (χ0) is 13.7. The van der Waals surface area contributed by atoms with Gasteiger partial charge in [-0.05, 0) is 45.4 Å². The van der Waals surface area contributed by atoms with E-state index in [4.69, 9.17) is 5.73 Å². The summed E-state index contributed by atoms with van der Waals surface area (Å²) in [5, 5.41) is 2.92. The van der Waals surface area contributed by atoms with Crippen molar-refractivity contribution in [3.05, 3.63) is 29.8 Å². The fraction of sp³-hybridized carbons (Fsp3) is 0.500. The number of rotatable bonds is 4. The second kappa shape index (κ2) is 6.28. The predicted molar refractivity (Wildman–Crippen MR) is 75.2 cm³/mol. The molecule has 0 spiro atoms. The van der Waals surface area contributed by atoms with Crippen molar-refractivity contribution in [1.29, 1.82) is 0 Å². The van der Waals surface area contributed by atoms with Gasteiger partial charge in [0.2, 0.25) is 0 Å². The zero-order valence-corrected chi connectivity index (χ0v) is 11.6. The zero-order valence-electron chi connectivity index (χ0n) is 11.6. The van der Waals surface area contributed by atoms with Gasteiger partial charge in [0.15, 0.2) is 0 Å². The van der Waals surface area contributed by atoms with Crippen LogP contribution in [-0.4, -0.2) is 23.0 Å². The van der Waals surface area contributed by atoms with Gasteiger partial charge in [0.1, 0.15) is 0 Å². The van der Waals surface area contributed by atoms with Gasteiger partial charge in [0.05, 0.1) is 0 Å². The lowest BCUT2D eigenvalue weighted by atomic mass is 10.2. The number of urea groups is 1. The Kier molecular flexibility index (Phi) is 5.01. The van der Waals surface area contributed by atoms with Gasteiger partial charge in [-0.25, -0.2) is 4.79 Å². The summed E-state index contributed by atoms with van der Waals surface area (Å²) >= 11 is 0. The van der Waals surface area contributed by atoms with E-state index in [1.54, 1.807) is 0 Å². The average molecular weight is 249 g/mol. The first-order chi connectivity index (χ1) is 8.40. The molecule has 1 rings (SSSR count). The molecule has 0 atom stereocenters. The van der Waals surface area contributed by atoms with Crippen LogP contribution in [0.15, 0.2) is 24.3 Å². The number of benzene rings is 1. The molecule has 0 aliphatic rings. The molecule has 3 N–H and O–H groups in total. The van der Waals surface area contributed by atoms with Gasteiger partial charge in [-0.15, -0.1) is 0 Å². The molecule has 100 valence electrons. The summed E-state index contributed by atoms with van der Waals surface area (Å²) in [5.41, 5.74) is 7.47. The van der Waals surface area contributed by atoms with Crippen LogP contribution in [0.1, 0.15) is 33.3 Å². The molecule has 0 aromatic heterocycles. The Morgan fingerprint density at radius 2 is 1.78 bits per heavy atom. The summed E-state index contributed by atoms with van der Waals surface area (Å²) in [4.78, 5) is 13.9. The highest BCUT2D eigenvalue weighted by Crippen LogP contribution is 2.11. The average Bonchev–Trinajstić information content (AvgIpc) is 2.26. The monoisotopic (exact) mass is 249 g/mol. The first-order valence-corrected chi connectivity index (χ1v) is 6.31. The SMILES string of the molecule is CC(C)NC(=O)N(Cc1ccc(N)cc1)C(C)C. The van der Waals surface area contributed by atoms with Crippen molar-refractivity contribution in [3.63, 3.8) is 0 Å². The van der Waals surface area contributed by atoms with Crippen LogP contribution in [0.25, 0.3) is 0 Å². The number of anilines is 1. The topological polar surface area (TPSA) is 58.4 Å². The second-order valence-corrected chi connectivity index (χ2v) is 5.07. The lowest BCUT2D eigenvalue weighted by Gasteiger charge is -2.28. The van der Waals surface area contributed by atoms with Crippen LogP contribution in [0, 0.1) is 0 Å². The summed E-state index contributed by atoms with van der Waals surface area (Å²) in [5.74, 6) is 0. The number of nitrogen functional groups attached to an aromatic ring is 1. The third kappa shape index (κ3) is 4.28. The highest BCUT2D eigenvalue weighted by Gasteiger charge is 2.17. The first-order valence-electron chi connectivity index (χ1n) is 6.31. The Morgan fingerprint density at radius 1 is 1.22 bits per heavy atom. The van der Waals surface area contributed by atoms with Crippen molar-refractivity contribution >= 4 is 11.7 Å². The van der Waals surface area contributed by atoms with Crippen molar-refractivity contribution in [2.45, 2.75) is 46.3 Å². The molecular weight excluding hydrogens is 226 g/mol. The molecule has 4 heteroatoms. The van der Waals surface area contributed by atoms with Crippen LogP contribution in [0.2, 0.25) is 0 Å². The van der Waals surface area contributed by atoms with Crippen LogP contribution in [0.5, 0.6) is 0 Å². The molecule has 1 aromatic rings. The summed E-state index contributed by atoms with van der Waals surface area (Å²) in [6.45, 7) is 8.53. The van der Waals surface area contributed by atoms with Gasteiger partial charge in [-0.2, -0.15) is 0 Å². The Bertz CT molecular complexity index is 385. The highest BCUT2D eigenvalue weighted by atomic mass is 16.2. The Balaban J connectivity index is 2.74. The van der Waals surface area contributed by atoms with E-state index in [9.17, 15) is 4.79 Å². The predicted octanol–water partition coefficient (Wildman–Crippen LogP) is 2.60. The molecule has 0 aliphatic heterocycles. The molecule has 0 heterocycles. The molecule has 0 unspecified atom stereocenters. The summed E-state index contributed by atoms with van der Waals surface area (Å²) in [7, 11) is 0. The number of carbonyl (C=O) groups is 1. The minimum absolute atomic E-state index is 0.0307. The number of amides is 2. The van der Waals surface area contributed by atoms with E-state index in [1.807, 2.05) is 56.9 Å². The fourth-order valence-electron chi connectivity index (χ4n) is 1.64. The van der Waals surface area contributed by atoms with E-state index >= 15 is 0 Å². The maximum atomic E-state index is 12.1. The van der Waals surface area contributed by atoms with E-state index in [1.165, 1.54) is 0 Å². The molecule has 1 aromatic carbocycles. The number of hydrogen-bond acceptors (Lipinski definition) is 2. The van der Waals surface area contributed by atoms with Crippen molar-refractivity contribution in [2.75, 3.05) is 5.73 Å². The molecule has 2 amide bonds. The van der Waals surface area contributed by atoms with E-state index in [-0.39, 0.29) is 18.1 Å². The number of nitrogens with two attached hydrogens (primary N) is 1. The lowest BCUT2D eigenvalue weighted by Crippen LogP contribution is -2.45. The van der Waals surface area contributed by atoms with Crippen LogP contribution < -0.4 is 11.1 Å². The van der Waals surface area contributed by atoms with E-state index in [2.05, 4.69) is 5.32 Å². The number of nitrogens with zero attached hydrogens (tertiary/aromatic N) is 1. The van der Waals surface area contributed by atoms with E-state index < -0.39 is 0 Å². The van der Waals surface area contributed by atoms with Crippen LogP contribution >= 0.6 is 0 Å². The standard InChI is InChI=1S/C14H23N3O/c1-10(2)16-14(18)17(11(3)4)9-12-5-7-13(15)8-6-12/h5-8,10-11H,9,15H2,1-4H3,(H,16,18). The van der Waals surface area contributed by atoms with Gasteiger partial charge in [0.25, 0.3) is 0 Å². The molecule has 18 heavy (non-hydrogen) atoms. The first kappa shape index (κ1) is 14.4. The molecule has 0 fully saturated rings. The molecule has 0 aliphatic carbocycles. The van der Waals surface area contributed by atoms with Gasteiger partial charge >= 0.3 is 6.03 Å². The van der Waals surface area contributed by atoms with Crippen LogP contribution in [0.3, 0.4) is 0 Å². The summed E-state index contributed by atoms with van der Waals surface area (Å²) in [6.07, 6.45) is 0.